The van der Waals surface area contributed by atoms with Crippen LogP contribution < -0.4 is 10.6 Å². The van der Waals surface area contributed by atoms with Crippen LogP contribution in [0, 0.1) is 24.1 Å². The van der Waals surface area contributed by atoms with Gasteiger partial charge in [-0.05, 0) is 44.7 Å². The normalized spacial score (nSPS) is 23.5. The number of aryl methyl sites for hydroxylation is 1. The molecule has 9 heteroatoms. The third-order valence-electron chi connectivity index (χ3n) is 6.37. The van der Waals surface area contributed by atoms with E-state index in [0.29, 0.717) is 35.7 Å². The molecule has 3 atom stereocenters. The second kappa shape index (κ2) is 8.12. The second-order valence-electron chi connectivity index (χ2n) is 8.47. The Morgan fingerprint density at radius 1 is 1.29 bits per heavy atom. The Labute approximate surface area is 179 Å². The van der Waals surface area contributed by atoms with E-state index >= 15 is 4.39 Å². The van der Waals surface area contributed by atoms with Gasteiger partial charge in [-0.1, -0.05) is 6.42 Å². The van der Waals surface area contributed by atoms with Crippen LogP contribution in [-0.2, 0) is 0 Å². The molecule has 0 amide bonds. The van der Waals surface area contributed by atoms with Crippen LogP contribution in [0.4, 0.5) is 21.8 Å². The lowest BCUT2D eigenvalue weighted by atomic mass is 9.81. The van der Waals surface area contributed by atoms with E-state index in [1.807, 2.05) is 13.0 Å². The number of hydrogen-bond acceptors (Lipinski definition) is 7. The van der Waals surface area contributed by atoms with Crippen molar-refractivity contribution in [2.24, 2.45) is 0 Å². The quantitative estimate of drug-likeness (QED) is 0.538. The van der Waals surface area contributed by atoms with Crippen molar-refractivity contribution < 1.29 is 4.39 Å². The summed E-state index contributed by atoms with van der Waals surface area (Å²) in [6.07, 6.45) is 6.91. The zero-order valence-corrected chi connectivity index (χ0v) is 17.4. The van der Waals surface area contributed by atoms with Gasteiger partial charge in [0.25, 0.3) is 0 Å². The molecule has 2 aliphatic heterocycles. The highest BCUT2D eigenvalue weighted by atomic mass is 19.1. The first-order valence-corrected chi connectivity index (χ1v) is 10.7. The highest BCUT2D eigenvalue weighted by molar-refractivity contribution is 5.92. The minimum atomic E-state index is -0.498. The van der Waals surface area contributed by atoms with Gasteiger partial charge >= 0.3 is 0 Å². The molecule has 0 saturated carbocycles. The molecule has 160 valence electrons. The van der Waals surface area contributed by atoms with Crippen molar-refractivity contribution in [3.63, 3.8) is 0 Å². The number of anilines is 3. The van der Waals surface area contributed by atoms with Crippen molar-refractivity contribution in [2.45, 2.75) is 57.2 Å². The smallest absolute Gasteiger partial charge is 0.192 e. The van der Waals surface area contributed by atoms with E-state index in [4.69, 9.17) is 0 Å². The maximum Gasteiger partial charge on any atom is 0.192 e. The Balaban J connectivity index is 1.45. The van der Waals surface area contributed by atoms with Crippen molar-refractivity contribution in [1.29, 1.82) is 5.26 Å². The fourth-order valence-corrected chi connectivity index (χ4v) is 5.03. The van der Waals surface area contributed by atoms with E-state index in [1.54, 1.807) is 18.3 Å². The summed E-state index contributed by atoms with van der Waals surface area (Å²) in [6.45, 7) is 2.37. The fourth-order valence-electron chi connectivity index (χ4n) is 5.03. The van der Waals surface area contributed by atoms with E-state index in [2.05, 4.69) is 41.8 Å². The van der Waals surface area contributed by atoms with Gasteiger partial charge in [0.15, 0.2) is 17.5 Å². The van der Waals surface area contributed by atoms with Gasteiger partial charge in [0.2, 0.25) is 0 Å². The van der Waals surface area contributed by atoms with Gasteiger partial charge in [-0.25, -0.2) is 9.37 Å². The lowest BCUT2D eigenvalue weighted by Gasteiger charge is -2.48. The number of nitriles is 1. The maximum absolute atomic E-state index is 15.2. The monoisotopic (exact) mass is 420 g/mol. The SMILES string of the molecule is Cc1cc(Nc2nc(NC3C[C@H]4CCC[C@@H](C3)N4CC#N)c3cccnc3c2F)n[nH]1. The average molecular weight is 420 g/mol. The topological polar surface area (TPSA) is 106 Å². The van der Waals surface area contributed by atoms with Gasteiger partial charge < -0.3 is 10.6 Å². The van der Waals surface area contributed by atoms with Gasteiger partial charge in [-0.2, -0.15) is 10.4 Å². The Morgan fingerprint density at radius 3 is 2.81 bits per heavy atom. The summed E-state index contributed by atoms with van der Waals surface area (Å²) in [6, 6.07) is 8.77. The second-order valence-corrected chi connectivity index (χ2v) is 8.47. The van der Waals surface area contributed by atoms with Crippen molar-refractivity contribution in [3.8, 4) is 6.07 Å². The molecule has 0 aromatic carbocycles. The van der Waals surface area contributed by atoms with E-state index in [1.165, 1.54) is 6.42 Å². The molecule has 0 aliphatic carbocycles. The summed E-state index contributed by atoms with van der Waals surface area (Å²) in [4.78, 5) is 11.2. The fraction of sp³-hybridized carbons (Fsp3) is 0.455. The highest BCUT2D eigenvalue weighted by Crippen LogP contribution is 2.36. The molecule has 0 radical (unpaired) electrons. The van der Waals surface area contributed by atoms with Crippen LogP contribution in [0.5, 0.6) is 0 Å². The Kier molecular flexibility index (Phi) is 5.16. The number of fused-ring (bicyclic) bond motifs is 3. The maximum atomic E-state index is 15.2. The Morgan fingerprint density at radius 2 is 2.10 bits per heavy atom. The molecule has 5 rings (SSSR count). The first kappa shape index (κ1) is 19.7. The summed E-state index contributed by atoms with van der Waals surface area (Å²) in [5, 5.41) is 23.4. The molecule has 3 aromatic heterocycles. The third kappa shape index (κ3) is 3.79. The number of aromatic nitrogens is 4. The molecule has 2 saturated heterocycles. The van der Waals surface area contributed by atoms with Crippen LogP contribution in [0.2, 0.25) is 0 Å². The molecule has 1 unspecified atom stereocenters. The summed E-state index contributed by atoms with van der Waals surface area (Å²) in [5.74, 6) is 0.727. The van der Waals surface area contributed by atoms with Gasteiger partial charge in [-0.3, -0.25) is 15.0 Å². The Bertz CT molecular complexity index is 1120. The summed E-state index contributed by atoms with van der Waals surface area (Å²) in [7, 11) is 0. The molecule has 3 aromatic rings. The first-order valence-electron chi connectivity index (χ1n) is 10.7. The minimum absolute atomic E-state index is 0.0994. The predicted octanol–water partition coefficient (Wildman–Crippen LogP) is 3.87. The van der Waals surface area contributed by atoms with Crippen LogP contribution in [-0.4, -0.2) is 49.7 Å². The van der Waals surface area contributed by atoms with Gasteiger partial charge in [-0.15, -0.1) is 0 Å². The van der Waals surface area contributed by atoms with Crippen LogP contribution >= 0.6 is 0 Å². The van der Waals surface area contributed by atoms with Crippen LogP contribution in [0.15, 0.2) is 24.4 Å². The third-order valence-corrected chi connectivity index (χ3v) is 6.37. The molecule has 2 bridgehead atoms. The van der Waals surface area contributed by atoms with Crippen LogP contribution in [0.3, 0.4) is 0 Å². The minimum Gasteiger partial charge on any atom is -0.367 e. The molecular formula is C22H25FN8. The highest BCUT2D eigenvalue weighted by Gasteiger charge is 2.38. The number of hydrogen-bond donors (Lipinski definition) is 3. The average Bonchev–Trinajstić information content (AvgIpc) is 3.17. The number of nitrogens with one attached hydrogen (secondary N) is 3. The first-order chi connectivity index (χ1) is 15.1. The summed E-state index contributed by atoms with van der Waals surface area (Å²) >= 11 is 0. The molecule has 2 aliphatic rings. The summed E-state index contributed by atoms with van der Waals surface area (Å²) in [5.41, 5.74) is 1.15. The molecule has 0 spiro atoms. The molecule has 8 nitrogen and oxygen atoms in total. The molecule has 31 heavy (non-hydrogen) atoms. The zero-order valence-electron chi connectivity index (χ0n) is 17.4. The molecule has 5 heterocycles. The van der Waals surface area contributed by atoms with E-state index in [9.17, 15) is 5.26 Å². The Hall–Kier alpha value is -3.25. The van der Waals surface area contributed by atoms with E-state index in [-0.39, 0.29) is 17.4 Å². The van der Waals surface area contributed by atoms with Gasteiger partial charge in [0, 0.05) is 41.5 Å². The molecule has 2 fully saturated rings. The van der Waals surface area contributed by atoms with Gasteiger partial charge in [0.05, 0.1) is 12.6 Å². The largest absolute Gasteiger partial charge is 0.367 e. The van der Waals surface area contributed by atoms with Crippen molar-refractivity contribution >= 4 is 28.4 Å². The van der Waals surface area contributed by atoms with Gasteiger partial charge in [0.1, 0.15) is 11.3 Å². The van der Waals surface area contributed by atoms with E-state index < -0.39 is 5.82 Å². The lowest BCUT2D eigenvalue weighted by Crippen LogP contribution is -2.54. The number of aromatic amines is 1. The number of nitrogens with zero attached hydrogens (tertiary/aromatic N) is 5. The van der Waals surface area contributed by atoms with Crippen molar-refractivity contribution in [1.82, 2.24) is 25.1 Å². The predicted molar refractivity (Wildman–Crippen MR) is 116 cm³/mol. The van der Waals surface area contributed by atoms with Crippen LogP contribution in [0.25, 0.3) is 10.9 Å². The van der Waals surface area contributed by atoms with Crippen LogP contribution in [0.1, 0.15) is 37.8 Å². The number of piperidine rings is 2. The molecular weight excluding hydrogens is 395 g/mol. The summed E-state index contributed by atoms with van der Waals surface area (Å²) < 4.78 is 15.2. The van der Waals surface area contributed by atoms with E-state index in [0.717, 1.165) is 31.4 Å². The van der Waals surface area contributed by atoms with Crippen molar-refractivity contribution in [2.75, 3.05) is 17.2 Å². The molecule has 3 N–H and O–H groups in total. The number of rotatable bonds is 5. The standard InChI is InChI=1S/C22H25FN8/c1-13-10-18(30-29-13)27-22-19(23)20-17(6-3-8-25-20)21(28-22)26-14-11-15-4-2-5-16(12-14)31(15)9-7-24/h3,6,8,10,14-16H,2,4-5,9,11-12H2,1H3,(H3,26,27,28,29,30)/t14?,15-,16+. The van der Waals surface area contributed by atoms with Crippen molar-refractivity contribution in [3.05, 3.63) is 35.9 Å². The number of pyridine rings is 2. The lowest BCUT2D eigenvalue weighted by molar-refractivity contribution is 0.0476. The number of halogens is 1. The number of H-pyrrole nitrogens is 1. The zero-order chi connectivity index (χ0) is 21.4.